The molecule has 0 aliphatic heterocycles. The Hall–Kier alpha value is -2.19. The van der Waals surface area contributed by atoms with Gasteiger partial charge in [-0.15, -0.1) is 0 Å². The van der Waals surface area contributed by atoms with Gasteiger partial charge in [0.1, 0.15) is 5.15 Å². The first-order valence-corrected chi connectivity index (χ1v) is 6.79. The van der Waals surface area contributed by atoms with E-state index in [0.29, 0.717) is 11.7 Å². The molecule has 0 radical (unpaired) electrons. The molecule has 3 rings (SSSR count). The summed E-state index contributed by atoms with van der Waals surface area (Å²) in [5.74, 6) is 0. The lowest BCUT2D eigenvalue weighted by molar-refractivity contribution is 1.05. The van der Waals surface area contributed by atoms with Crippen LogP contribution in [-0.4, -0.2) is 11.2 Å². The van der Waals surface area contributed by atoms with Crippen LogP contribution in [0.25, 0.3) is 10.8 Å². The molecule has 0 spiro atoms. The Kier molecular flexibility index (Phi) is 3.75. The van der Waals surface area contributed by atoms with Gasteiger partial charge in [0.15, 0.2) is 0 Å². The van der Waals surface area contributed by atoms with Gasteiger partial charge in [0, 0.05) is 18.0 Å². The van der Waals surface area contributed by atoms with Gasteiger partial charge < -0.3 is 0 Å². The molecule has 0 saturated heterocycles. The second kappa shape index (κ2) is 5.85. The lowest BCUT2D eigenvalue weighted by Gasteiger charge is -2.01. The smallest absolute Gasteiger partial charge is 0.129 e. The molecule has 2 nitrogen and oxygen atoms in total. The Labute approximate surface area is 122 Å². The maximum atomic E-state index is 5.76. The van der Waals surface area contributed by atoms with Crippen molar-refractivity contribution in [1.29, 1.82) is 0 Å². The molecule has 0 aliphatic rings. The number of aromatic nitrogens is 1. The molecule has 2 aromatic carbocycles. The predicted octanol–water partition coefficient (Wildman–Crippen LogP) is 4.51. The van der Waals surface area contributed by atoms with Gasteiger partial charge in [0.05, 0.1) is 6.54 Å². The summed E-state index contributed by atoms with van der Waals surface area (Å²) in [5, 5.41) is 2.95. The fourth-order valence-electron chi connectivity index (χ4n) is 2.11. The number of nitrogens with zero attached hydrogens (tertiary/aromatic N) is 2. The highest BCUT2D eigenvalue weighted by Crippen LogP contribution is 2.17. The van der Waals surface area contributed by atoms with Crippen molar-refractivity contribution >= 4 is 28.6 Å². The minimum atomic E-state index is 0.506. The van der Waals surface area contributed by atoms with Gasteiger partial charge in [0.25, 0.3) is 0 Å². The van der Waals surface area contributed by atoms with Gasteiger partial charge in [-0.1, -0.05) is 60.1 Å². The van der Waals surface area contributed by atoms with E-state index in [1.807, 2.05) is 30.5 Å². The first-order valence-electron chi connectivity index (χ1n) is 6.41. The molecular formula is C17H13ClN2. The summed E-state index contributed by atoms with van der Waals surface area (Å²) in [7, 11) is 0. The van der Waals surface area contributed by atoms with Crippen molar-refractivity contribution in [2.45, 2.75) is 6.54 Å². The topological polar surface area (TPSA) is 25.2 Å². The molecule has 0 bridgehead atoms. The van der Waals surface area contributed by atoms with Crippen LogP contribution < -0.4 is 0 Å². The van der Waals surface area contributed by atoms with E-state index in [1.165, 1.54) is 10.8 Å². The molecular weight excluding hydrogens is 268 g/mol. The van der Waals surface area contributed by atoms with E-state index in [9.17, 15) is 0 Å². The minimum absolute atomic E-state index is 0.506. The molecule has 0 N–H and O–H groups in total. The Morgan fingerprint density at radius 2 is 1.85 bits per heavy atom. The van der Waals surface area contributed by atoms with Crippen LogP contribution in [0.4, 0.5) is 0 Å². The summed E-state index contributed by atoms with van der Waals surface area (Å²) in [6, 6.07) is 18.3. The lowest BCUT2D eigenvalue weighted by Crippen LogP contribution is -1.87. The molecule has 0 amide bonds. The quantitative estimate of drug-likeness (QED) is 0.512. The Balaban J connectivity index is 1.82. The summed E-state index contributed by atoms with van der Waals surface area (Å²) in [6.45, 7) is 0.605. The number of benzene rings is 2. The molecule has 0 aliphatic carbocycles. The van der Waals surface area contributed by atoms with Gasteiger partial charge in [0.2, 0.25) is 0 Å². The highest BCUT2D eigenvalue weighted by Gasteiger charge is 1.97. The van der Waals surface area contributed by atoms with Crippen molar-refractivity contribution in [3.8, 4) is 0 Å². The van der Waals surface area contributed by atoms with Crippen LogP contribution in [0.2, 0.25) is 5.15 Å². The van der Waals surface area contributed by atoms with Crippen molar-refractivity contribution in [2.24, 2.45) is 4.99 Å². The minimum Gasteiger partial charge on any atom is -0.288 e. The van der Waals surface area contributed by atoms with Gasteiger partial charge in [-0.3, -0.25) is 4.99 Å². The zero-order valence-electron chi connectivity index (χ0n) is 10.8. The summed E-state index contributed by atoms with van der Waals surface area (Å²) in [6.07, 6.45) is 3.67. The zero-order chi connectivity index (χ0) is 13.8. The third kappa shape index (κ3) is 2.86. The highest BCUT2D eigenvalue weighted by molar-refractivity contribution is 6.29. The first-order chi connectivity index (χ1) is 9.83. The van der Waals surface area contributed by atoms with Crippen LogP contribution >= 0.6 is 11.6 Å². The zero-order valence-corrected chi connectivity index (χ0v) is 11.6. The molecule has 98 valence electrons. The number of aliphatic imine (C=N–C) groups is 1. The van der Waals surface area contributed by atoms with E-state index in [1.54, 1.807) is 12.3 Å². The summed E-state index contributed by atoms with van der Waals surface area (Å²) >= 11 is 5.76. The number of rotatable bonds is 3. The van der Waals surface area contributed by atoms with Crippen molar-refractivity contribution in [3.05, 3.63) is 77.1 Å². The van der Waals surface area contributed by atoms with Crippen LogP contribution in [0.3, 0.4) is 0 Å². The average molecular weight is 281 g/mol. The lowest BCUT2D eigenvalue weighted by atomic mass is 10.1. The van der Waals surface area contributed by atoms with Crippen LogP contribution in [0.5, 0.6) is 0 Å². The molecule has 0 unspecified atom stereocenters. The van der Waals surface area contributed by atoms with Crippen molar-refractivity contribution in [1.82, 2.24) is 4.98 Å². The predicted molar refractivity (Wildman–Crippen MR) is 84.5 cm³/mol. The van der Waals surface area contributed by atoms with E-state index in [0.717, 1.165) is 11.1 Å². The van der Waals surface area contributed by atoms with Gasteiger partial charge >= 0.3 is 0 Å². The molecule has 3 heteroatoms. The van der Waals surface area contributed by atoms with E-state index in [-0.39, 0.29) is 0 Å². The van der Waals surface area contributed by atoms with E-state index < -0.39 is 0 Å². The summed E-state index contributed by atoms with van der Waals surface area (Å²) in [5.41, 5.74) is 2.18. The van der Waals surface area contributed by atoms with Gasteiger partial charge in [-0.05, 0) is 22.4 Å². The van der Waals surface area contributed by atoms with Crippen molar-refractivity contribution < 1.29 is 0 Å². The fraction of sp³-hybridized carbons (Fsp3) is 0.0588. The summed E-state index contributed by atoms with van der Waals surface area (Å²) < 4.78 is 0. The first kappa shape index (κ1) is 12.8. The van der Waals surface area contributed by atoms with E-state index in [4.69, 9.17) is 11.6 Å². The summed E-state index contributed by atoms with van der Waals surface area (Å²) in [4.78, 5) is 8.53. The number of halogens is 1. The van der Waals surface area contributed by atoms with Crippen molar-refractivity contribution in [3.63, 3.8) is 0 Å². The molecule has 3 aromatic rings. The normalized spacial score (nSPS) is 11.2. The number of hydrogen-bond donors (Lipinski definition) is 0. The SMILES string of the molecule is Clc1ccc(CN=Cc2cccc3ccccc23)cn1. The highest BCUT2D eigenvalue weighted by atomic mass is 35.5. The van der Waals surface area contributed by atoms with E-state index >= 15 is 0 Å². The fourth-order valence-corrected chi connectivity index (χ4v) is 2.22. The Bertz CT molecular complexity index is 743. The second-order valence-corrected chi connectivity index (χ2v) is 4.91. The Morgan fingerprint density at radius 3 is 2.70 bits per heavy atom. The van der Waals surface area contributed by atoms with Gasteiger partial charge in [-0.25, -0.2) is 4.98 Å². The van der Waals surface area contributed by atoms with Crippen LogP contribution in [0, 0.1) is 0 Å². The maximum absolute atomic E-state index is 5.76. The standard InChI is InChI=1S/C17H13ClN2/c18-17-9-8-13(11-20-17)10-19-12-15-6-3-5-14-4-1-2-7-16(14)15/h1-9,11-12H,10H2. The van der Waals surface area contributed by atoms with Gasteiger partial charge in [-0.2, -0.15) is 0 Å². The molecule has 0 fully saturated rings. The monoisotopic (exact) mass is 280 g/mol. The Morgan fingerprint density at radius 1 is 1.00 bits per heavy atom. The second-order valence-electron chi connectivity index (χ2n) is 4.53. The average Bonchev–Trinajstić information content (AvgIpc) is 2.49. The van der Waals surface area contributed by atoms with Crippen molar-refractivity contribution in [2.75, 3.05) is 0 Å². The number of fused-ring (bicyclic) bond motifs is 1. The molecule has 1 heterocycles. The molecule has 0 atom stereocenters. The largest absolute Gasteiger partial charge is 0.288 e. The van der Waals surface area contributed by atoms with Crippen LogP contribution in [0.1, 0.15) is 11.1 Å². The number of hydrogen-bond acceptors (Lipinski definition) is 2. The van der Waals surface area contributed by atoms with Crippen LogP contribution in [0.15, 0.2) is 65.8 Å². The third-order valence-corrected chi connectivity index (χ3v) is 3.34. The number of pyridine rings is 1. The molecule has 0 saturated carbocycles. The maximum Gasteiger partial charge on any atom is 0.129 e. The van der Waals surface area contributed by atoms with Crippen LogP contribution in [-0.2, 0) is 6.54 Å². The van der Waals surface area contributed by atoms with E-state index in [2.05, 4.69) is 34.2 Å². The molecule has 1 aromatic heterocycles. The third-order valence-electron chi connectivity index (χ3n) is 3.12. The molecule has 20 heavy (non-hydrogen) atoms.